The van der Waals surface area contributed by atoms with Gasteiger partial charge in [0.15, 0.2) is 0 Å². The fourth-order valence-electron chi connectivity index (χ4n) is 2.42. The molecule has 4 heteroatoms. The monoisotopic (exact) mass is 326 g/mol. The molecule has 0 unspecified atom stereocenters. The van der Waals surface area contributed by atoms with E-state index >= 15 is 0 Å². The average Bonchev–Trinajstić information content (AvgIpc) is 2.60. The zero-order chi connectivity index (χ0) is 17.4. The van der Waals surface area contributed by atoms with Crippen molar-refractivity contribution in [3.05, 3.63) is 71.8 Å². The van der Waals surface area contributed by atoms with Crippen molar-refractivity contribution in [3.8, 4) is 11.5 Å². The summed E-state index contributed by atoms with van der Waals surface area (Å²) in [6.45, 7) is 2.36. The average molecular weight is 326 g/mol. The Bertz CT molecular complexity index is 672. The Labute approximate surface area is 142 Å². The molecule has 0 amide bonds. The zero-order valence-corrected chi connectivity index (χ0v) is 13.9. The maximum atomic E-state index is 11.0. The molecule has 0 saturated carbocycles. The first-order chi connectivity index (χ1) is 11.6. The second kappa shape index (κ2) is 8.77. The molecule has 24 heavy (non-hydrogen) atoms. The van der Waals surface area contributed by atoms with E-state index in [1.165, 1.54) is 0 Å². The molecule has 0 radical (unpaired) electrons. The second-order valence-electron chi connectivity index (χ2n) is 5.44. The molecule has 2 aromatic carbocycles. The maximum Gasteiger partial charge on any atom is 0.304 e. The van der Waals surface area contributed by atoms with Gasteiger partial charge in [-0.25, -0.2) is 0 Å². The number of rotatable bonds is 8. The molecule has 0 heterocycles. The number of aliphatic carboxylic acids is 1. The number of ether oxygens (including phenoxy) is 2. The van der Waals surface area contributed by atoms with Gasteiger partial charge < -0.3 is 14.6 Å². The summed E-state index contributed by atoms with van der Waals surface area (Å²) in [7, 11) is 1.64. The quantitative estimate of drug-likeness (QED) is 0.730. The van der Waals surface area contributed by atoms with Crippen LogP contribution in [0.4, 0.5) is 0 Å². The van der Waals surface area contributed by atoms with Gasteiger partial charge in [-0.2, -0.15) is 0 Å². The van der Waals surface area contributed by atoms with E-state index in [4.69, 9.17) is 14.6 Å². The van der Waals surface area contributed by atoms with E-state index in [0.717, 1.165) is 22.6 Å². The lowest BCUT2D eigenvalue weighted by Gasteiger charge is -2.12. The largest absolute Gasteiger partial charge is 0.497 e. The van der Waals surface area contributed by atoms with Crippen LogP contribution in [0, 0.1) is 0 Å². The summed E-state index contributed by atoms with van der Waals surface area (Å²) in [5.74, 6) is 0.641. The Balaban J connectivity index is 1.98. The third-order valence-corrected chi connectivity index (χ3v) is 3.69. The fraction of sp³-hybridized carbons (Fsp3) is 0.250. The van der Waals surface area contributed by atoms with E-state index in [1.54, 1.807) is 7.11 Å². The van der Waals surface area contributed by atoms with Crippen LogP contribution in [0.25, 0.3) is 0 Å². The van der Waals surface area contributed by atoms with Crippen LogP contribution in [-0.4, -0.2) is 18.2 Å². The van der Waals surface area contributed by atoms with E-state index < -0.39 is 5.97 Å². The van der Waals surface area contributed by atoms with Gasteiger partial charge in [0.2, 0.25) is 0 Å². The molecule has 0 aliphatic heterocycles. The van der Waals surface area contributed by atoms with Crippen molar-refractivity contribution in [1.29, 1.82) is 0 Å². The molecule has 2 rings (SSSR count). The normalized spacial score (nSPS) is 12.1. The third-order valence-electron chi connectivity index (χ3n) is 3.69. The van der Waals surface area contributed by atoms with Gasteiger partial charge in [-0.3, -0.25) is 4.79 Å². The number of allylic oxidation sites excluding steroid dienone is 2. The summed E-state index contributed by atoms with van der Waals surface area (Å²) < 4.78 is 10.9. The van der Waals surface area contributed by atoms with Crippen LogP contribution in [0.3, 0.4) is 0 Å². The molecule has 0 saturated heterocycles. The molecule has 1 N–H and O–H groups in total. The highest BCUT2D eigenvalue weighted by Crippen LogP contribution is 2.24. The van der Waals surface area contributed by atoms with Gasteiger partial charge >= 0.3 is 5.97 Å². The summed E-state index contributed by atoms with van der Waals surface area (Å²) in [6.07, 6.45) is 3.86. The van der Waals surface area contributed by atoms with Crippen molar-refractivity contribution in [2.24, 2.45) is 0 Å². The second-order valence-corrected chi connectivity index (χ2v) is 5.44. The summed E-state index contributed by atoms with van der Waals surface area (Å²) in [5.41, 5.74) is 2.02. The predicted octanol–water partition coefficient (Wildman–Crippen LogP) is 4.41. The highest BCUT2D eigenvalue weighted by molar-refractivity contribution is 5.68. The molecule has 4 nitrogen and oxygen atoms in total. The lowest BCUT2D eigenvalue weighted by atomic mass is 9.95. The van der Waals surface area contributed by atoms with Gasteiger partial charge in [-0.15, -0.1) is 0 Å². The van der Waals surface area contributed by atoms with Gasteiger partial charge in [0.1, 0.15) is 18.1 Å². The summed E-state index contributed by atoms with van der Waals surface area (Å²) >= 11 is 0. The maximum absolute atomic E-state index is 11.0. The molecule has 0 bridgehead atoms. The first-order valence-corrected chi connectivity index (χ1v) is 7.82. The minimum absolute atomic E-state index is 0.0798. The summed E-state index contributed by atoms with van der Waals surface area (Å²) in [6, 6.07) is 15.3. The van der Waals surface area contributed by atoms with Crippen LogP contribution >= 0.6 is 0 Å². The van der Waals surface area contributed by atoms with Crippen molar-refractivity contribution in [1.82, 2.24) is 0 Å². The fourth-order valence-corrected chi connectivity index (χ4v) is 2.42. The number of methoxy groups -OCH3 is 1. The van der Waals surface area contributed by atoms with Gasteiger partial charge in [0, 0.05) is 5.92 Å². The molecule has 0 aliphatic carbocycles. The Morgan fingerprint density at radius 1 is 1.08 bits per heavy atom. The Hall–Kier alpha value is -2.75. The number of hydrogen-bond donors (Lipinski definition) is 1. The predicted molar refractivity (Wildman–Crippen MR) is 93.6 cm³/mol. The molecule has 0 aliphatic rings. The zero-order valence-electron chi connectivity index (χ0n) is 13.9. The summed E-state index contributed by atoms with van der Waals surface area (Å²) in [5, 5.41) is 9.01. The molecule has 0 spiro atoms. The van der Waals surface area contributed by atoms with E-state index in [2.05, 4.69) is 0 Å². The van der Waals surface area contributed by atoms with Crippen LogP contribution in [0.1, 0.15) is 30.4 Å². The van der Waals surface area contributed by atoms with Gasteiger partial charge in [-0.1, -0.05) is 36.4 Å². The van der Waals surface area contributed by atoms with E-state index in [0.29, 0.717) is 6.61 Å². The molecule has 0 fully saturated rings. The highest BCUT2D eigenvalue weighted by Gasteiger charge is 2.12. The molecular formula is C20H22O4. The lowest BCUT2D eigenvalue weighted by Crippen LogP contribution is -2.04. The lowest BCUT2D eigenvalue weighted by molar-refractivity contribution is -0.137. The molecule has 1 atom stereocenters. The molecule has 2 aromatic rings. The molecule has 0 aromatic heterocycles. The van der Waals surface area contributed by atoms with Crippen molar-refractivity contribution >= 4 is 5.97 Å². The standard InChI is InChI=1S/C20H22O4/c1-3-4-17(13-20(21)22)16-7-11-19(12-8-16)24-14-15-5-9-18(23-2)10-6-15/h3-12,17H,13-14H2,1-2H3,(H,21,22)/b4-3+/t17-/m0/s1. The van der Waals surface area contributed by atoms with Crippen molar-refractivity contribution in [2.45, 2.75) is 25.9 Å². The smallest absolute Gasteiger partial charge is 0.304 e. The van der Waals surface area contributed by atoms with Crippen LogP contribution < -0.4 is 9.47 Å². The van der Waals surface area contributed by atoms with E-state index in [9.17, 15) is 4.79 Å². The first kappa shape index (κ1) is 17.6. The van der Waals surface area contributed by atoms with Crippen LogP contribution in [0.15, 0.2) is 60.7 Å². The van der Waals surface area contributed by atoms with Crippen LogP contribution in [-0.2, 0) is 11.4 Å². The molecular weight excluding hydrogens is 304 g/mol. The van der Waals surface area contributed by atoms with Gasteiger partial charge in [0.05, 0.1) is 13.5 Å². The number of carboxylic acid groups (broad SMARTS) is 1. The number of benzene rings is 2. The number of carbonyl (C=O) groups is 1. The Morgan fingerprint density at radius 3 is 2.25 bits per heavy atom. The minimum Gasteiger partial charge on any atom is -0.497 e. The van der Waals surface area contributed by atoms with E-state index in [-0.39, 0.29) is 12.3 Å². The van der Waals surface area contributed by atoms with Crippen LogP contribution in [0.2, 0.25) is 0 Å². The Morgan fingerprint density at radius 2 is 1.71 bits per heavy atom. The first-order valence-electron chi connectivity index (χ1n) is 7.82. The Kier molecular flexibility index (Phi) is 6.43. The van der Waals surface area contributed by atoms with Gasteiger partial charge in [-0.05, 0) is 42.3 Å². The van der Waals surface area contributed by atoms with Crippen molar-refractivity contribution in [2.75, 3.05) is 7.11 Å². The number of hydrogen-bond acceptors (Lipinski definition) is 3. The van der Waals surface area contributed by atoms with Gasteiger partial charge in [0.25, 0.3) is 0 Å². The van der Waals surface area contributed by atoms with Crippen LogP contribution in [0.5, 0.6) is 11.5 Å². The topological polar surface area (TPSA) is 55.8 Å². The molecule has 126 valence electrons. The SMILES string of the molecule is C/C=C/[C@@H](CC(=O)O)c1ccc(OCc2ccc(OC)cc2)cc1. The summed E-state index contributed by atoms with van der Waals surface area (Å²) in [4.78, 5) is 11.0. The van der Waals surface area contributed by atoms with Crippen molar-refractivity contribution in [3.63, 3.8) is 0 Å². The third kappa shape index (κ3) is 5.16. The minimum atomic E-state index is -0.807. The highest BCUT2D eigenvalue weighted by atomic mass is 16.5. The number of carboxylic acids is 1. The van der Waals surface area contributed by atoms with E-state index in [1.807, 2.05) is 67.6 Å². The van der Waals surface area contributed by atoms with Crippen molar-refractivity contribution < 1.29 is 19.4 Å².